The van der Waals surface area contributed by atoms with Gasteiger partial charge >= 0.3 is 0 Å². The minimum absolute atomic E-state index is 0.272. The standard InChI is InChI=1S/C14H24N4O2/c1-2-20-9-14-17-12(15)6-13(18-14)16-7-10-4-3-5-11(10)8-19/h6,10-11,19H,2-5,7-9H2,1H3,(H3,15,16,17,18). The third-order valence-corrected chi connectivity index (χ3v) is 3.82. The molecule has 0 bridgehead atoms. The normalized spacial score (nSPS) is 22.1. The summed E-state index contributed by atoms with van der Waals surface area (Å²) < 4.78 is 5.30. The van der Waals surface area contributed by atoms with Gasteiger partial charge in [0, 0.05) is 25.8 Å². The highest BCUT2D eigenvalue weighted by molar-refractivity contribution is 5.44. The third-order valence-electron chi connectivity index (χ3n) is 3.82. The van der Waals surface area contributed by atoms with Crippen LogP contribution in [0.1, 0.15) is 32.0 Å². The number of nitrogen functional groups attached to an aromatic ring is 1. The molecule has 1 aliphatic carbocycles. The number of hydrogen-bond acceptors (Lipinski definition) is 6. The molecule has 6 heteroatoms. The first kappa shape index (κ1) is 15.0. The van der Waals surface area contributed by atoms with Crippen molar-refractivity contribution in [2.45, 2.75) is 32.8 Å². The first-order valence-corrected chi connectivity index (χ1v) is 7.28. The van der Waals surface area contributed by atoms with Crippen molar-refractivity contribution in [2.75, 3.05) is 30.8 Å². The van der Waals surface area contributed by atoms with Crippen LogP contribution in [-0.4, -0.2) is 34.8 Å². The van der Waals surface area contributed by atoms with Crippen molar-refractivity contribution >= 4 is 11.6 Å². The molecule has 1 fully saturated rings. The Labute approximate surface area is 119 Å². The van der Waals surface area contributed by atoms with Gasteiger partial charge in [-0.1, -0.05) is 6.42 Å². The number of aliphatic hydroxyl groups excluding tert-OH is 1. The van der Waals surface area contributed by atoms with Crippen LogP contribution < -0.4 is 11.1 Å². The molecule has 0 aromatic carbocycles. The van der Waals surface area contributed by atoms with E-state index in [1.54, 1.807) is 6.07 Å². The van der Waals surface area contributed by atoms with Crippen molar-refractivity contribution < 1.29 is 9.84 Å². The summed E-state index contributed by atoms with van der Waals surface area (Å²) in [5.41, 5.74) is 5.78. The summed E-state index contributed by atoms with van der Waals surface area (Å²) in [6, 6.07) is 1.73. The first-order valence-electron chi connectivity index (χ1n) is 7.28. The monoisotopic (exact) mass is 280 g/mol. The Bertz CT molecular complexity index is 428. The van der Waals surface area contributed by atoms with Gasteiger partial charge in [0.2, 0.25) is 0 Å². The number of hydrogen-bond donors (Lipinski definition) is 3. The molecule has 0 aliphatic heterocycles. The lowest BCUT2D eigenvalue weighted by atomic mass is 9.97. The molecule has 6 nitrogen and oxygen atoms in total. The molecule has 0 radical (unpaired) electrons. The zero-order valence-electron chi connectivity index (χ0n) is 12.0. The number of aromatic nitrogens is 2. The van der Waals surface area contributed by atoms with Gasteiger partial charge in [0.05, 0.1) is 0 Å². The zero-order chi connectivity index (χ0) is 14.4. The van der Waals surface area contributed by atoms with Crippen LogP contribution in [0, 0.1) is 11.8 Å². The smallest absolute Gasteiger partial charge is 0.158 e. The van der Waals surface area contributed by atoms with Gasteiger partial charge in [0.25, 0.3) is 0 Å². The fourth-order valence-electron chi connectivity index (χ4n) is 2.72. The number of anilines is 2. The van der Waals surface area contributed by atoms with E-state index in [1.165, 1.54) is 6.42 Å². The van der Waals surface area contributed by atoms with Gasteiger partial charge in [0.15, 0.2) is 5.82 Å². The van der Waals surface area contributed by atoms with E-state index in [4.69, 9.17) is 10.5 Å². The summed E-state index contributed by atoms with van der Waals surface area (Å²) in [5.74, 6) is 2.69. The van der Waals surface area contributed by atoms with E-state index in [0.29, 0.717) is 36.7 Å². The predicted molar refractivity (Wildman–Crippen MR) is 78.2 cm³/mol. The molecule has 112 valence electrons. The Morgan fingerprint density at radius 3 is 2.95 bits per heavy atom. The molecular weight excluding hydrogens is 256 g/mol. The van der Waals surface area contributed by atoms with Crippen molar-refractivity contribution in [2.24, 2.45) is 11.8 Å². The predicted octanol–water partition coefficient (Wildman–Crippen LogP) is 1.42. The third kappa shape index (κ3) is 4.05. The molecule has 2 unspecified atom stereocenters. The topological polar surface area (TPSA) is 93.3 Å². The zero-order valence-corrected chi connectivity index (χ0v) is 12.0. The van der Waals surface area contributed by atoms with Crippen molar-refractivity contribution in [3.8, 4) is 0 Å². The van der Waals surface area contributed by atoms with Crippen molar-refractivity contribution in [1.29, 1.82) is 0 Å². The van der Waals surface area contributed by atoms with Crippen molar-refractivity contribution in [3.63, 3.8) is 0 Å². The fraction of sp³-hybridized carbons (Fsp3) is 0.714. The Kier molecular flexibility index (Phi) is 5.55. The minimum atomic E-state index is 0.272. The van der Waals surface area contributed by atoms with Crippen molar-refractivity contribution in [3.05, 3.63) is 11.9 Å². The quantitative estimate of drug-likeness (QED) is 0.699. The van der Waals surface area contributed by atoms with Crippen LogP contribution in [0.5, 0.6) is 0 Å². The van der Waals surface area contributed by atoms with Crippen LogP contribution in [0.15, 0.2) is 6.07 Å². The minimum Gasteiger partial charge on any atom is -0.396 e. The molecule has 1 heterocycles. The lowest BCUT2D eigenvalue weighted by molar-refractivity contribution is 0.128. The van der Waals surface area contributed by atoms with Gasteiger partial charge in [-0.25, -0.2) is 9.97 Å². The average Bonchev–Trinajstić information content (AvgIpc) is 2.90. The van der Waals surface area contributed by atoms with Gasteiger partial charge in [-0.15, -0.1) is 0 Å². The summed E-state index contributed by atoms with van der Waals surface area (Å²) in [6.45, 7) is 4.02. The molecule has 0 amide bonds. The van der Waals surface area contributed by atoms with Gasteiger partial charge in [-0.2, -0.15) is 0 Å². The molecule has 0 saturated heterocycles. The van der Waals surface area contributed by atoms with Gasteiger partial charge in [-0.3, -0.25) is 0 Å². The van der Waals surface area contributed by atoms with E-state index in [1.807, 2.05) is 6.92 Å². The molecule has 4 N–H and O–H groups in total. The van der Waals surface area contributed by atoms with E-state index in [0.717, 1.165) is 25.2 Å². The van der Waals surface area contributed by atoms with E-state index < -0.39 is 0 Å². The van der Waals surface area contributed by atoms with Crippen molar-refractivity contribution in [1.82, 2.24) is 9.97 Å². The van der Waals surface area contributed by atoms with E-state index in [9.17, 15) is 5.11 Å². The molecule has 0 spiro atoms. The lowest BCUT2D eigenvalue weighted by Gasteiger charge is -2.18. The SMILES string of the molecule is CCOCc1nc(N)cc(NCC2CCCC2CO)n1. The van der Waals surface area contributed by atoms with Crippen LogP contribution in [0.3, 0.4) is 0 Å². The molecule has 2 atom stereocenters. The molecule has 20 heavy (non-hydrogen) atoms. The Hall–Kier alpha value is -1.40. The van der Waals surface area contributed by atoms with Crippen LogP contribution in [0.25, 0.3) is 0 Å². The fourth-order valence-corrected chi connectivity index (χ4v) is 2.72. The number of aliphatic hydroxyl groups is 1. The molecule has 1 aliphatic rings. The summed E-state index contributed by atoms with van der Waals surface area (Å²) in [7, 11) is 0. The maximum Gasteiger partial charge on any atom is 0.158 e. The van der Waals surface area contributed by atoms with E-state index >= 15 is 0 Å². The number of ether oxygens (including phenoxy) is 1. The maximum atomic E-state index is 9.33. The summed E-state index contributed by atoms with van der Waals surface area (Å²) in [5, 5.41) is 12.6. The Morgan fingerprint density at radius 1 is 1.40 bits per heavy atom. The second-order valence-electron chi connectivity index (χ2n) is 5.25. The first-order chi connectivity index (χ1) is 9.72. The van der Waals surface area contributed by atoms with Gasteiger partial charge < -0.3 is 20.9 Å². The second-order valence-corrected chi connectivity index (χ2v) is 5.25. The summed E-state index contributed by atoms with van der Waals surface area (Å²) in [4.78, 5) is 8.54. The lowest BCUT2D eigenvalue weighted by Crippen LogP contribution is -2.21. The largest absolute Gasteiger partial charge is 0.396 e. The molecule has 1 saturated carbocycles. The Morgan fingerprint density at radius 2 is 2.20 bits per heavy atom. The van der Waals surface area contributed by atoms with E-state index in [-0.39, 0.29) is 6.61 Å². The highest BCUT2D eigenvalue weighted by Crippen LogP contribution is 2.31. The van der Waals surface area contributed by atoms with E-state index in [2.05, 4.69) is 15.3 Å². The maximum absolute atomic E-state index is 9.33. The number of nitrogens with zero attached hydrogens (tertiary/aromatic N) is 2. The molecular formula is C14H24N4O2. The highest BCUT2D eigenvalue weighted by atomic mass is 16.5. The van der Waals surface area contributed by atoms with Crippen LogP contribution in [0.2, 0.25) is 0 Å². The van der Waals surface area contributed by atoms with Crippen LogP contribution in [-0.2, 0) is 11.3 Å². The highest BCUT2D eigenvalue weighted by Gasteiger charge is 2.26. The Balaban J connectivity index is 1.93. The van der Waals surface area contributed by atoms with Gasteiger partial charge in [0.1, 0.15) is 18.2 Å². The summed E-state index contributed by atoms with van der Waals surface area (Å²) >= 11 is 0. The summed E-state index contributed by atoms with van der Waals surface area (Å²) in [6.07, 6.45) is 3.47. The molecule has 1 aromatic rings. The number of nitrogens with two attached hydrogens (primary N) is 1. The molecule has 2 rings (SSSR count). The van der Waals surface area contributed by atoms with Crippen LogP contribution in [0.4, 0.5) is 11.6 Å². The van der Waals surface area contributed by atoms with Gasteiger partial charge in [-0.05, 0) is 31.6 Å². The number of nitrogens with one attached hydrogen (secondary N) is 1. The second kappa shape index (κ2) is 7.40. The average molecular weight is 280 g/mol. The van der Waals surface area contributed by atoms with Crippen LogP contribution >= 0.6 is 0 Å². The number of rotatable bonds is 7. The molecule has 1 aromatic heterocycles.